The normalized spacial score (nSPS) is 18.6. The largest absolute Gasteiger partial charge is 0.454 e. The Morgan fingerprint density at radius 1 is 1.35 bits per heavy atom. The third kappa shape index (κ3) is 2.81. The summed E-state index contributed by atoms with van der Waals surface area (Å²) in [5, 5.41) is 5.04. The average Bonchev–Trinajstić information content (AvgIpc) is 3.18. The molecule has 0 fully saturated rings. The molecule has 1 aliphatic carbocycles. The molecule has 0 spiro atoms. The van der Waals surface area contributed by atoms with E-state index in [-0.39, 0.29) is 12.7 Å². The van der Waals surface area contributed by atoms with Crippen molar-refractivity contribution in [1.82, 2.24) is 5.32 Å². The van der Waals surface area contributed by atoms with Crippen molar-refractivity contribution in [3.63, 3.8) is 0 Å². The molecule has 1 aliphatic heterocycles. The minimum Gasteiger partial charge on any atom is -0.454 e. The maximum Gasteiger partial charge on any atom is 0.252 e. The lowest BCUT2D eigenvalue weighted by atomic mass is 9.88. The molecule has 0 bridgehead atoms. The summed E-state index contributed by atoms with van der Waals surface area (Å²) >= 11 is 1.72. The molecule has 1 atom stereocenters. The van der Waals surface area contributed by atoms with E-state index < -0.39 is 0 Å². The van der Waals surface area contributed by atoms with E-state index in [0.717, 1.165) is 41.4 Å². The Balaban J connectivity index is 1.44. The first-order chi connectivity index (χ1) is 11.2. The molecule has 1 aromatic carbocycles. The summed E-state index contributed by atoms with van der Waals surface area (Å²) in [4.78, 5) is 13.9. The fraction of sp³-hybridized carbons (Fsp3) is 0.389. The van der Waals surface area contributed by atoms with Gasteiger partial charge in [0, 0.05) is 16.8 Å². The number of carbonyl (C=O) groups excluding carboxylic acids is 1. The van der Waals surface area contributed by atoms with Crippen molar-refractivity contribution < 1.29 is 14.3 Å². The number of rotatable bonds is 3. The van der Waals surface area contributed by atoms with Crippen molar-refractivity contribution in [1.29, 1.82) is 0 Å². The molecule has 2 aliphatic rings. The summed E-state index contributed by atoms with van der Waals surface area (Å²) < 4.78 is 10.7. The van der Waals surface area contributed by atoms with Gasteiger partial charge in [-0.1, -0.05) is 13.0 Å². The van der Waals surface area contributed by atoms with Crippen molar-refractivity contribution in [2.45, 2.75) is 32.7 Å². The van der Waals surface area contributed by atoms with Gasteiger partial charge in [-0.05, 0) is 48.4 Å². The quantitative estimate of drug-likeness (QED) is 0.937. The summed E-state index contributed by atoms with van der Waals surface area (Å²) in [6, 6.07) is 5.77. The first-order valence-electron chi connectivity index (χ1n) is 7.96. The fourth-order valence-electron chi connectivity index (χ4n) is 3.20. The predicted octanol–water partition coefficient (Wildman–Crippen LogP) is 3.53. The Morgan fingerprint density at radius 3 is 3.13 bits per heavy atom. The van der Waals surface area contributed by atoms with Crippen LogP contribution in [0.15, 0.2) is 23.6 Å². The van der Waals surface area contributed by atoms with Crippen molar-refractivity contribution in [3.8, 4) is 11.5 Å². The predicted molar refractivity (Wildman–Crippen MR) is 89.2 cm³/mol. The van der Waals surface area contributed by atoms with Gasteiger partial charge in [-0.3, -0.25) is 4.79 Å². The van der Waals surface area contributed by atoms with Crippen LogP contribution in [-0.4, -0.2) is 12.7 Å². The molecule has 1 unspecified atom stereocenters. The summed E-state index contributed by atoms with van der Waals surface area (Å²) in [6.45, 7) is 3.04. The molecule has 23 heavy (non-hydrogen) atoms. The molecule has 1 amide bonds. The van der Waals surface area contributed by atoms with Crippen molar-refractivity contribution in [3.05, 3.63) is 45.1 Å². The summed E-state index contributed by atoms with van der Waals surface area (Å²) in [5.41, 5.74) is 3.13. The Bertz CT molecular complexity index is 753. The summed E-state index contributed by atoms with van der Waals surface area (Å²) in [5.74, 6) is 2.26. The highest BCUT2D eigenvalue weighted by molar-refractivity contribution is 7.10. The zero-order chi connectivity index (χ0) is 15.8. The standard InChI is InChI=1S/C18H19NO3S/c1-11-2-4-13-14(9-23-17(13)6-11)18(20)19-8-12-3-5-15-16(7-12)22-10-21-15/h3,5,7,9,11H,2,4,6,8,10H2,1H3,(H,19,20). The van der Waals surface area contributed by atoms with Gasteiger partial charge >= 0.3 is 0 Å². The van der Waals surface area contributed by atoms with E-state index in [1.165, 1.54) is 16.9 Å². The van der Waals surface area contributed by atoms with Crippen LogP contribution in [-0.2, 0) is 19.4 Å². The van der Waals surface area contributed by atoms with Gasteiger partial charge in [-0.25, -0.2) is 0 Å². The van der Waals surface area contributed by atoms with E-state index in [0.29, 0.717) is 6.54 Å². The van der Waals surface area contributed by atoms with Gasteiger partial charge in [0.2, 0.25) is 6.79 Å². The highest BCUT2D eigenvalue weighted by Gasteiger charge is 2.23. The van der Waals surface area contributed by atoms with Crippen LogP contribution >= 0.6 is 11.3 Å². The SMILES string of the molecule is CC1CCc2c(C(=O)NCc3ccc4c(c3)OCO4)csc2C1. The van der Waals surface area contributed by atoms with Gasteiger partial charge in [-0.15, -0.1) is 11.3 Å². The summed E-state index contributed by atoms with van der Waals surface area (Å²) in [7, 11) is 0. The molecule has 0 saturated heterocycles. The summed E-state index contributed by atoms with van der Waals surface area (Å²) in [6.07, 6.45) is 3.30. The third-order valence-electron chi connectivity index (χ3n) is 4.54. The van der Waals surface area contributed by atoms with Crippen LogP contribution in [0.2, 0.25) is 0 Å². The van der Waals surface area contributed by atoms with Crippen molar-refractivity contribution in [2.24, 2.45) is 5.92 Å². The van der Waals surface area contributed by atoms with Gasteiger partial charge in [0.25, 0.3) is 5.91 Å². The molecule has 1 aromatic heterocycles. The zero-order valence-electron chi connectivity index (χ0n) is 13.1. The second kappa shape index (κ2) is 5.89. The molecule has 5 heteroatoms. The van der Waals surface area contributed by atoms with Crippen LogP contribution in [0.25, 0.3) is 0 Å². The number of ether oxygens (including phenoxy) is 2. The third-order valence-corrected chi connectivity index (χ3v) is 5.59. The monoisotopic (exact) mass is 329 g/mol. The lowest BCUT2D eigenvalue weighted by Gasteiger charge is -2.18. The Kier molecular flexibility index (Phi) is 3.73. The minimum atomic E-state index is 0.0229. The maximum absolute atomic E-state index is 12.5. The fourth-order valence-corrected chi connectivity index (χ4v) is 4.44. The number of hydrogen-bond donors (Lipinski definition) is 1. The van der Waals surface area contributed by atoms with Gasteiger partial charge in [0.05, 0.1) is 5.56 Å². The first-order valence-corrected chi connectivity index (χ1v) is 8.84. The highest BCUT2D eigenvalue weighted by atomic mass is 32.1. The number of nitrogens with one attached hydrogen (secondary N) is 1. The molecular formula is C18H19NO3S. The molecule has 0 saturated carbocycles. The zero-order valence-corrected chi connectivity index (χ0v) is 13.9. The van der Waals surface area contributed by atoms with Crippen LogP contribution in [0, 0.1) is 5.92 Å². The maximum atomic E-state index is 12.5. The second-order valence-electron chi connectivity index (χ2n) is 6.27. The number of hydrogen-bond acceptors (Lipinski definition) is 4. The molecule has 0 radical (unpaired) electrons. The van der Waals surface area contributed by atoms with Crippen molar-refractivity contribution >= 4 is 17.2 Å². The van der Waals surface area contributed by atoms with Gasteiger partial charge in [0.1, 0.15) is 0 Å². The number of amides is 1. The highest BCUT2D eigenvalue weighted by Crippen LogP contribution is 2.34. The van der Waals surface area contributed by atoms with E-state index >= 15 is 0 Å². The van der Waals surface area contributed by atoms with Crippen LogP contribution < -0.4 is 14.8 Å². The number of thiophene rings is 1. The lowest BCUT2D eigenvalue weighted by Crippen LogP contribution is -2.24. The Hall–Kier alpha value is -2.01. The molecule has 1 N–H and O–H groups in total. The van der Waals surface area contributed by atoms with E-state index in [1.54, 1.807) is 11.3 Å². The minimum absolute atomic E-state index is 0.0229. The molecule has 2 aromatic rings. The average molecular weight is 329 g/mol. The number of carbonyl (C=O) groups is 1. The van der Waals surface area contributed by atoms with Gasteiger partial charge in [-0.2, -0.15) is 0 Å². The number of fused-ring (bicyclic) bond motifs is 2. The van der Waals surface area contributed by atoms with E-state index in [1.807, 2.05) is 23.6 Å². The topological polar surface area (TPSA) is 47.6 Å². The van der Waals surface area contributed by atoms with Gasteiger partial charge in [0.15, 0.2) is 11.5 Å². The Labute approximate surface area is 139 Å². The van der Waals surface area contributed by atoms with Crippen LogP contribution in [0.3, 0.4) is 0 Å². The molecule has 4 rings (SSSR count). The molecular weight excluding hydrogens is 310 g/mol. The van der Waals surface area contributed by atoms with Gasteiger partial charge < -0.3 is 14.8 Å². The van der Waals surface area contributed by atoms with Crippen LogP contribution in [0.1, 0.15) is 39.7 Å². The van der Waals surface area contributed by atoms with Crippen LogP contribution in [0.4, 0.5) is 0 Å². The Morgan fingerprint density at radius 2 is 2.22 bits per heavy atom. The molecule has 120 valence electrons. The molecule has 4 nitrogen and oxygen atoms in total. The van der Waals surface area contributed by atoms with E-state index in [9.17, 15) is 4.79 Å². The van der Waals surface area contributed by atoms with Crippen LogP contribution in [0.5, 0.6) is 11.5 Å². The van der Waals surface area contributed by atoms with Crippen molar-refractivity contribution in [2.75, 3.05) is 6.79 Å². The number of benzene rings is 1. The van der Waals surface area contributed by atoms with E-state index in [4.69, 9.17) is 9.47 Å². The lowest BCUT2D eigenvalue weighted by molar-refractivity contribution is 0.0950. The first kappa shape index (κ1) is 14.6. The second-order valence-corrected chi connectivity index (χ2v) is 7.23. The smallest absolute Gasteiger partial charge is 0.252 e. The molecule has 2 heterocycles. The van der Waals surface area contributed by atoms with E-state index in [2.05, 4.69) is 12.2 Å².